The molecule has 9 nitrogen and oxygen atoms in total. The van der Waals surface area contributed by atoms with Gasteiger partial charge in [0.25, 0.3) is 0 Å². The van der Waals surface area contributed by atoms with E-state index in [1.807, 2.05) is 0 Å². The monoisotopic (exact) mass is 333 g/mol. The molecule has 3 rings (SSSR count). The fourth-order valence-corrected chi connectivity index (χ4v) is 3.43. The molecule has 0 amide bonds. The Morgan fingerprint density at radius 2 is 1.96 bits per heavy atom. The van der Waals surface area contributed by atoms with Gasteiger partial charge in [-0.1, -0.05) is 6.08 Å². The van der Waals surface area contributed by atoms with Crippen LogP contribution in [0.4, 0.5) is 0 Å². The standard InChI is InChI=1S/C14H23NO8/c1-21-14-12(20)13-8(7(23-14)4-22-13)15-6-2-5(3-16)9(17)11(19)10(6)18/h2,6-20H,3-4H2,1H3. The molecule has 0 spiro atoms. The Labute approximate surface area is 133 Å². The highest BCUT2D eigenvalue weighted by atomic mass is 16.7. The third-order valence-electron chi connectivity index (χ3n) is 4.75. The van der Waals surface area contributed by atoms with Gasteiger partial charge < -0.3 is 45.1 Å². The minimum Gasteiger partial charge on any atom is -0.392 e. The van der Waals surface area contributed by atoms with Crippen LogP contribution in [0, 0.1) is 0 Å². The maximum Gasteiger partial charge on any atom is 0.186 e. The van der Waals surface area contributed by atoms with Crippen LogP contribution in [0.2, 0.25) is 0 Å². The predicted octanol–water partition coefficient (Wildman–Crippen LogP) is -3.54. The zero-order chi connectivity index (χ0) is 16.7. The summed E-state index contributed by atoms with van der Waals surface area (Å²) in [5, 5.41) is 52.4. The molecule has 9 unspecified atom stereocenters. The molecule has 0 aromatic carbocycles. The van der Waals surface area contributed by atoms with Crippen LogP contribution in [-0.4, -0.2) is 101 Å². The SMILES string of the molecule is COC1OC2COC(C1O)C2NC1C=C(CO)C(O)C(O)C1O. The fourth-order valence-electron chi connectivity index (χ4n) is 3.43. The second-order valence-electron chi connectivity index (χ2n) is 6.11. The van der Waals surface area contributed by atoms with Gasteiger partial charge in [0.05, 0.1) is 25.3 Å². The molecule has 132 valence electrons. The summed E-state index contributed by atoms with van der Waals surface area (Å²) in [7, 11) is 1.43. The molecule has 0 radical (unpaired) electrons. The third-order valence-corrected chi connectivity index (χ3v) is 4.75. The van der Waals surface area contributed by atoms with Crippen molar-refractivity contribution < 1.29 is 39.7 Å². The molecular formula is C14H23NO8. The summed E-state index contributed by atoms with van der Waals surface area (Å²) in [6.07, 6.45) is -5.25. The molecule has 1 aliphatic carbocycles. The lowest BCUT2D eigenvalue weighted by Crippen LogP contribution is -2.64. The first-order valence-electron chi connectivity index (χ1n) is 7.57. The van der Waals surface area contributed by atoms with E-state index in [0.29, 0.717) is 0 Å². The van der Waals surface area contributed by atoms with Gasteiger partial charge in [-0.25, -0.2) is 0 Å². The van der Waals surface area contributed by atoms with Crippen LogP contribution >= 0.6 is 0 Å². The molecule has 0 saturated carbocycles. The molecule has 6 N–H and O–H groups in total. The van der Waals surface area contributed by atoms with Gasteiger partial charge in [0.2, 0.25) is 0 Å². The lowest BCUT2D eigenvalue weighted by atomic mass is 9.87. The van der Waals surface area contributed by atoms with Crippen LogP contribution in [0.1, 0.15) is 0 Å². The van der Waals surface area contributed by atoms with E-state index in [-0.39, 0.29) is 18.3 Å². The van der Waals surface area contributed by atoms with Crippen molar-refractivity contribution in [1.82, 2.24) is 5.32 Å². The molecule has 9 atom stereocenters. The van der Waals surface area contributed by atoms with Crippen molar-refractivity contribution in [2.24, 2.45) is 0 Å². The molecule has 0 aromatic rings. The van der Waals surface area contributed by atoms with Crippen molar-refractivity contribution in [2.45, 2.75) is 55.0 Å². The van der Waals surface area contributed by atoms with E-state index in [1.165, 1.54) is 13.2 Å². The Morgan fingerprint density at radius 1 is 1.22 bits per heavy atom. The van der Waals surface area contributed by atoms with Crippen molar-refractivity contribution in [3.05, 3.63) is 11.6 Å². The quantitative estimate of drug-likeness (QED) is 0.289. The highest BCUT2D eigenvalue weighted by Gasteiger charge is 2.52. The first-order valence-corrected chi connectivity index (χ1v) is 7.57. The van der Waals surface area contributed by atoms with E-state index in [4.69, 9.17) is 14.2 Å². The predicted molar refractivity (Wildman–Crippen MR) is 75.3 cm³/mol. The van der Waals surface area contributed by atoms with Gasteiger partial charge in [-0.05, 0) is 5.57 Å². The van der Waals surface area contributed by atoms with Gasteiger partial charge in [0.15, 0.2) is 6.29 Å². The first-order chi connectivity index (χ1) is 11.0. The molecule has 2 fully saturated rings. The number of hydrogen-bond acceptors (Lipinski definition) is 9. The maximum atomic E-state index is 10.2. The molecule has 23 heavy (non-hydrogen) atoms. The molecule has 2 heterocycles. The minimum absolute atomic E-state index is 0.223. The Hall–Kier alpha value is -0.620. The van der Waals surface area contributed by atoms with Crippen molar-refractivity contribution in [1.29, 1.82) is 0 Å². The molecule has 2 aliphatic heterocycles. The van der Waals surface area contributed by atoms with Gasteiger partial charge in [-0.3, -0.25) is 0 Å². The normalized spacial score (nSPS) is 50.0. The second-order valence-corrected chi connectivity index (χ2v) is 6.11. The van der Waals surface area contributed by atoms with Crippen LogP contribution in [-0.2, 0) is 14.2 Å². The van der Waals surface area contributed by atoms with E-state index in [2.05, 4.69) is 5.32 Å². The second kappa shape index (κ2) is 6.71. The summed E-state index contributed by atoms with van der Waals surface area (Å²) in [6, 6.07) is -1.14. The van der Waals surface area contributed by atoms with Gasteiger partial charge in [-0.2, -0.15) is 0 Å². The summed E-state index contributed by atoms with van der Waals surface area (Å²) in [6.45, 7) is -0.161. The number of aliphatic hydroxyl groups excluding tert-OH is 5. The Balaban J connectivity index is 1.75. The number of ether oxygens (including phenoxy) is 3. The van der Waals surface area contributed by atoms with Crippen LogP contribution in [0.25, 0.3) is 0 Å². The highest BCUT2D eigenvalue weighted by molar-refractivity contribution is 5.22. The summed E-state index contributed by atoms with van der Waals surface area (Å²) in [5.74, 6) is 0. The summed E-state index contributed by atoms with van der Waals surface area (Å²) in [4.78, 5) is 0. The molecule has 0 aromatic heterocycles. The van der Waals surface area contributed by atoms with Crippen LogP contribution in [0.5, 0.6) is 0 Å². The van der Waals surface area contributed by atoms with Crippen molar-refractivity contribution in [3.8, 4) is 0 Å². The first kappa shape index (κ1) is 17.2. The van der Waals surface area contributed by atoms with Crippen molar-refractivity contribution in [3.63, 3.8) is 0 Å². The van der Waals surface area contributed by atoms with E-state index < -0.39 is 55.5 Å². The van der Waals surface area contributed by atoms with Crippen LogP contribution < -0.4 is 5.32 Å². The highest BCUT2D eigenvalue weighted by Crippen LogP contribution is 2.31. The fraction of sp³-hybridized carbons (Fsp3) is 0.857. The Kier molecular flexibility index (Phi) is 5.02. The molecule has 9 heteroatoms. The third kappa shape index (κ3) is 2.93. The lowest BCUT2D eigenvalue weighted by Gasteiger charge is -2.41. The molecule has 2 saturated heterocycles. The Morgan fingerprint density at radius 3 is 2.61 bits per heavy atom. The van der Waals surface area contributed by atoms with E-state index in [1.54, 1.807) is 0 Å². The van der Waals surface area contributed by atoms with E-state index in [0.717, 1.165) is 0 Å². The smallest absolute Gasteiger partial charge is 0.186 e. The zero-order valence-corrected chi connectivity index (χ0v) is 12.6. The van der Waals surface area contributed by atoms with Gasteiger partial charge in [0, 0.05) is 7.11 Å². The molecule has 3 aliphatic rings. The molecular weight excluding hydrogens is 310 g/mol. The average Bonchev–Trinajstić information content (AvgIpc) is 2.86. The summed E-state index contributed by atoms with van der Waals surface area (Å²) < 4.78 is 16.2. The largest absolute Gasteiger partial charge is 0.392 e. The maximum absolute atomic E-state index is 10.2. The summed E-state index contributed by atoms with van der Waals surface area (Å²) in [5.41, 5.74) is 0.223. The van der Waals surface area contributed by atoms with Gasteiger partial charge in [-0.15, -0.1) is 0 Å². The number of nitrogens with one attached hydrogen (secondary N) is 1. The van der Waals surface area contributed by atoms with Crippen LogP contribution in [0.15, 0.2) is 11.6 Å². The minimum atomic E-state index is -1.42. The number of rotatable bonds is 4. The Bertz CT molecular complexity index is 460. The number of aliphatic hydroxyl groups is 5. The van der Waals surface area contributed by atoms with Gasteiger partial charge >= 0.3 is 0 Å². The van der Waals surface area contributed by atoms with Crippen molar-refractivity contribution in [2.75, 3.05) is 20.3 Å². The number of hydrogen-bond donors (Lipinski definition) is 6. The van der Waals surface area contributed by atoms with E-state index >= 15 is 0 Å². The number of fused-ring (bicyclic) bond motifs is 2. The summed E-state index contributed by atoms with van der Waals surface area (Å²) >= 11 is 0. The average molecular weight is 333 g/mol. The van der Waals surface area contributed by atoms with Crippen LogP contribution in [0.3, 0.4) is 0 Å². The number of methoxy groups -OCH3 is 1. The zero-order valence-electron chi connectivity index (χ0n) is 12.6. The topological polar surface area (TPSA) is 141 Å². The van der Waals surface area contributed by atoms with E-state index in [9.17, 15) is 25.5 Å². The van der Waals surface area contributed by atoms with Crippen molar-refractivity contribution >= 4 is 0 Å². The van der Waals surface area contributed by atoms with Gasteiger partial charge in [0.1, 0.15) is 36.6 Å². The molecule has 2 bridgehead atoms. The lowest BCUT2D eigenvalue weighted by molar-refractivity contribution is -0.234.